The van der Waals surface area contributed by atoms with Crippen molar-refractivity contribution in [1.82, 2.24) is 15.1 Å². The van der Waals surface area contributed by atoms with Gasteiger partial charge >= 0.3 is 0 Å². The number of halogens is 1. The van der Waals surface area contributed by atoms with E-state index in [1.807, 2.05) is 30.1 Å². The Bertz CT molecular complexity index is 584. The smallest absolute Gasteiger partial charge is 0.226 e. The van der Waals surface area contributed by atoms with Crippen LogP contribution in [0.3, 0.4) is 0 Å². The predicted octanol–water partition coefficient (Wildman–Crippen LogP) is 2.45. The number of hydrogen-bond donors (Lipinski definition) is 1. The molecule has 1 aromatic carbocycles. The molecule has 2 aliphatic rings. The maximum absolute atomic E-state index is 13.0. The molecule has 26 heavy (non-hydrogen) atoms. The number of carbonyl (C=O) groups excluding carboxylic acids is 2. The highest BCUT2D eigenvalue weighted by atomic mass is 35.5. The Morgan fingerprint density at radius 2 is 1.77 bits per heavy atom. The van der Waals surface area contributed by atoms with Crippen molar-refractivity contribution in [1.29, 1.82) is 0 Å². The van der Waals surface area contributed by atoms with E-state index in [4.69, 9.17) is 0 Å². The molecule has 3 rings (SSSR count). The van der Waals surface area contributed by atoms with Crippen LogP contribution in [0, 0.1) is 5.92 Å². The Morgan fingerprint density at radius 1 is 1.12 bits per heavy atom. The van der Waals surface area contributed by atoms with Crippen molar-refractivity contribution in [3.63, 3.8) is 0 Å². The Balaban J connectivity index is 0.00000243. The van der Waals surface area contributed by atoms with E-state index < -0.39 is 0 Å². The largest absolute Gasteiger partial charge is 0.343 e. The summed E-state index contributed by atoms with van der Waals surface area (Å²) in [5.74, 6) is 0.551. The highest BCUT2D eigenvalue weighted by Crippen LogP contribution is 2.31. The van der Waals surface area contributed by atoms with Gasteiger partial charge in [-0.15, -0.1) is 12.4 Å². The van der Waals surface area contributed by atoms with Crippen LogP contribution in [-0.2, 0) is 16.1 Å². The van der Waals surface area contributed by atoms with Gasteiger partial charge in [0.25, 0.3) is 0 Å². The molecule has 1 aromatic rings. The van der Waals surface area contributed by atoms with Crippen LogP contribution in [0.1, 0.15) is 37.7 Å². The van der Waals surface area contributed by atoms with E-state index in [0.29, 0.717) is 38.6 Å². The summed E-state index contributed by atoms with van der Waals surface area (Å²) in [6.07, 6.45) is 4.38. The molecule has 0 unspecified atom stereocenters. The zero-order chi connectivity index (χ0) is 17.6. The third-order valence-corrected chi connectivity index (χ3v) is 5.25. The Morgan fingerprint density at radius 3 is 2.35 bits per heavy atom. The number of carbonyl (C=O) groups is 2. The molecular weight excluding hydrogens is 350 g/mol. The highest BCUT2D eigenvalue weighted by Gasteiger charge is 2.37. The van der Waals surface area contributed by atoms with Gasteiger partial charge < -0.3 is 15.1 Å². The molecule has 2 amide bonds. The normalized spacial score (nSPS) is 17.5. The number of likely N-dealkylation sites (tertiary alicyclic amines) is 1. The van der Waals surface area contributed by atoms with Gasteiger partial charge in [-0.1, -0.05) is 30.3 Å². The summed E-state index contributed by atoms with van der Waals surface area (Å²) in [6, 6.07) is 10.7. The zero-order valence-electron chi connectivity index (χ0n) is 15.5. The van der Waals surface area contributed by atoms with E-state index in [1.165, 1.54) is 5.56 Å². The Kier molecular flexibility index (Phi) is 7.91. The van der Waals surface area contributed by atoms with Crippen molar-refractivity contribution < 1.29 is 9.59 Å². The fourth-order valence-electron chi connectivity index (χ4n) is 3.55. The molecule has 6 heteroatoms. The first-order chi connectivity index (χ1) is 12.2. The lowest BCUT2D eigenvalue weighted by Gasteiger charge is -2.34. The van der Waals surface area contributed by atoms with Crippen molar-refractivity contribution in [2.45, 2.75) is 44.7 Å². The second-order valence-electron chi connectivity index (χ2n) is 7.19. The number of nitrogens with zero attached hydrogens (tertiary/aromatic N) is 2. The second kappa shape index (κ2) is 9.93. The molecule has 0 spiro atoms. The summed E-state index contributed by atoms with van der Waals surface area (Å²) in [5, 5.41) is 3.01. The quantitative estimate of drug-likeness (QED) is 0.791. The number of rotatable bonds is 7. The van der Waals surface area contributed by atoms with Crippen LogP contribution in [0.2, 0.25) is 0 Å². The summed E-state index contributed by atoms with van der Waals surface area (Å²) < 4.78 is 0. The molecule has 1 heterocycles. The topological polar surface area (TPSA) is 52.7 Å². The van der Waals surface area contributed by atoms with E-state index in [1.54, 1.807) is 0 Å². The molecule has 0 atom stereocenters. The van der Waals surface area contributed by atoms with Crippen LogP contribution in [-0.4, -0.2) is 54.3 Å². The first-order valence-corrected chi connectivity index (χ1v) is 9.46. The van der Waals surface area contributed by atoms with Crippen molar-refractivity contribution in [3.8, 4) is 0 Å². The second-order valence-corrected chi connectivity index (χ2v) is 7.19. The number of nitrogens with one attached hydrogen (secondary N) is 1. The van der Waals surface area contributed by atoms with Gasteiger partial charge in [-0.2, -0.15) is 0 Å². The third-order valence-electron chi connectivity index (χ3n) is 5.25. The number of benzene rings is 1. The first-order valence-electron chi connectivity index (χ1n) is 9.46. The SMILES string of the molecule is CNCCC(=O)N1CCC(C(=O)N(Cc2ccccc2)C2CC2)CC1.Cl. The predicted molar refractivity (Wildman–Crippen MR) is 105 cm³/mol. The lowest BCUT2D eigenvalue weighted by Crippen LogP contribution is -2.45. The maximum atomic E-state index is 13.0. The summed E-state index contributed by atoms with van der Waals surface area (Å²) >= 11 is 0. The Labute approximate surface area is 162 Å². The number of amides is 2. The maximum Gasteiger partial charge on any atom is 0.226 e. The summed E-state index contributed by atoms with van der Waals surface area (Å²) in [4.78, 5) is 29.2. The van der Waals surface area contributed by atoms with E-state index in [0.717, 1.165) is 25.7 Å². The molecule has 1 N–H and O–H groups in total. The molecule has 5 nitrogen and oxygen atoms in total. The molecule has 1 aliphatic heterocycles. The monoisotopic (exact) mass is 379 g/mol. The highest BCUT2D eigenvalue weighted by molar-refractivity contribution is 5.85. The number of hydrogen-bond acceptors (Lipinski definition) is 3. The van der Waals surface area contributed by atoms with Crippen LogP contribution >= 0.6 is 12.4 Å². The molecule has 144 valence electrons. The van der Waals surface area contributed by atoms with Crippen LogP contribution in [0.25, 0.3) is 0 Å². The molecule has 1 saturated carbocycles. The minimum Gasteiger partial charge on any atom is -0.343 e. The molecule has 1 aliphatic carbocycles. The van der Waals surface area contributed by atoms with Gasteiger partial charge in [-0.3, -0.25) is 9.59 Å². The molecular formula is C20H30ClN3O2. The standard InChI is InChI=1S/C20H29N3O2.ClH/c1-21-12-9-19(24)22-13-10-17(11-14-22)20(25)23(18-7-8-18)15-16-5-3-2-4-6-16;/h2-6,17-18,21H,7-15H2,1H3;1H. The lowest BCUT2D eigenvalue weighted by atomic mass is 9.94. The summed E-state index contributed by atoms with van der Waals surface area (Å²) in [6.45, 7) is 2.85. The Hall–Kier alpha value is -1.59. The van der Waals surface area contributed by atoms with E-state index >= 15 is 0 Å². The molecule has 0 bridgehead atoms. The van der Waals surface area contributed by atoms with Crippen LogP contribution in [0.4, 0.5) is 0 Å². The molecule has 0 aromatic heterocycles. The van der Waals surface area contributed by atoms with Gasteiger partial charge in [-0.05, 0) is 38.3 Å². The average molecular weight is 380 g/mol. The third kappa shape index (κ3) is 5.45. The van der Waals surface area contributed by atoms with E-state index in [9.17, 15) is 9.59 Å². The van der Waals surface area contributed by atoms with Crippen molar-refractivity contribution >= 4 is 24.2 Å². The fraction of sp³-hybridized carbons (Fsp3) is 0.600. The van der Waals surface area contributed by atoms with Crippen molar-refractivity contribution in [2.75, 3.05) is 26.7 Å². The van der Waals surface area contributed by atoms with Gasteiger partial charge in [0.1, 0.15) is 0 Å². The zero-order valence-corrected chi connectivity index (χ0v) is 16.3. The molecule has 1 saturated heterocycles. The van der Waals surface area contributed by atoms with Gasteiger partial charge in [-0.25, -0.2) is 0 Å². The minimum atomic E-state index is 0. The van der Waals surface area contributed by atoms with Gasteiger partial charge in [0.2, 0.25) is 11.8 Å². The number of piperidine rings is 1. The van der Waals surface area contributed by atoms with E-state index in [-0.39, 0.29) is 30.1 Å². The summed E-state index contributed by atoms with van der Waals surface area (Å²) in [7, 11) is 1.86. The van der Waals surface area contributed by atoms with Crippen LogP contribution < -0.4 is 5.32 Å². The molecule has 0 radical (unpaired) electrons. The summed E-state index contributed by atoms with van der Waals surface area (Å²) in [5.41, 5.74) is 1.20. The van der Waals surface area contributed by atoms with Crippen LogP contribution in [0.5, 0.6) is 0 Å². The molecule has 2 fully saturated rings. The van der Waals surface area contributed by atoms with E-state index in [2.05, 4.69) is 22.3 Å². The van der Waals surface area contributed by atoms with Crippen molar-refractivity contribution in [2.24, 2.45) is 5.92 Å². The first kappa shape index (κ1) is 20.7. The van der Waals surface area contributed by atoms with Gasteiger partial charge in [0.05, 0.1) is 0 Å². The average Bonchev–Trinajstić information content (AvgIpc) is 3.49. The van der Waals surface area contributed by atoms with Crippen molar-refractivity contribution in [3.05, 3.63) is 35.9 Å². The van der Waals surface area contributed by atoms with Gasteiger partial charge in [0, 0.05) is 44.6 Å². The lowest BCUT2D eigenvalue weighted by molar-refractivity contribution is -0.141. The fourth-order valence-corrected chi connectivity index (χ4v) is 3.55. The minimum absolute atomic E-state index is 0. The van der Waals surface area contributed by atoms with Crippen LogP contribution in [0.15, 0.2) is 30.3 Å². The van der Waals surface area contributed by atoms with Gasteiger partial charge in [0.15, 0.2) is 0 Å².